The lowest BCUT2D eigenvalue weighted by Crippen LogP contribution is -2.50. The SMILES string of the molecule is Cc1cc(C(=O)N2CCOC(CN(C)CC(N)=O)C2)c(C)cc1Cl. The van der Waals surface area contributed by atoms with Gasteiger partial charge in [0.2, 0.25) is 5.91 Å². The molecule has 0 aromatic heterocycles. The van der Waals surface area contributed by atoms with Gasteiger partial charge >= 0.3 is 0 Å². The molecule has 2 N–H and O–H groups in total. The summed E-state index contributed by atoms with van der Waals surface area (Å²) >= 11 is 6.11. The van der Waals surface area contributed by atoms with Crippen LogP contribution in [-0.2, 0) is 9.53 Å². The van der Waals surface area contributed by atoms with E-state index in [0.29, 0.717) is 36.8 Å². The molecule has 1 unspecified atom stereocenters. The zero-order chi connectivity index (χ0) is 17.9. The summed E-state index contributed by atoms with van der Waals surface area (Å²) < 4.78 is 5.71. The summed E-state index contributed by atoms with van der Waals surface area (Å²) in [6.07, 6.45) is -0.138. The van der Waals surface area contributed by atoms with Gasteiger partial charge in [0.15, 0.2) is 0 Å². The molecule has 24 heavy (non-hydrogen) atoms. The number of carbonyl (C=O) groups is 2. The van der Waals surface area contributed by atoms with Gasteiger partial charge in [-0.3, -0.25) is 14.5 Å². The molecule has 132 valence electrons. The lowest BCUT2D eigenvalue weighted by molar-refractivity contribution is -0.119. The average molecular weight is 354 g/mol. The van der Waals surface area contributed by atoms with E-state index in [1.807, 2.05) is 33.0 Å². The number of halogens is 1. The van der Waals surface area contributed by atoms with E-state index in [1.165, 1.54) is 0 Å². The van der Waals surface area contributed by atoms with Crippen molar-refractivity contribution in [2.45, 2.75) is 20.0 Å². The van der Waals surface area contributed by atoms with E-state index in [0.717, 1.165) is 11.1 Å². The van der Waals surface area contributed by atoms with Crippen molar-refractivity contribution >= 4 is 23.4 Å². The van der Waals surface area contributed by atoms with E-state index in [9.17, 15) is 9.59 Å². The molecule has 0 aliphatic carbocycles. The molecule has 0 radical (unpaired) electrons. The van der Waals surface area contributed by atoms with Crippen molar-refractivity contribution in [1.82, 2.24) is 9.80 Å². The van der Waals surface area contributed by atoms with Gasteiger partial charge < -0.3 is 15.4 Å². The zero-order valence-corrected chi connectivity index (χ0v) is 15.1. The number of hydrogen-bond acceptors (Lipinski definition) is 4. The molecule has 1 fully saturated rings. The fourth-order valence-corrected chi connectivity index (χ4v) is 3.09. The first-order valence-corrected chi connectivity index (χ1v) is 8.30. The Morgan fingerprint density at radius 2 is 2.08 bits per heavy atom. The van der Waals surface area contributed by atoms with E-state index < -0.39 is 0 Å². The zero-order valence-electron chi connectivity index (χ0n) is 14.3. The summed E-state index contributed by atoms with van der Waals surface area (Å²) in [5.41, 5.74) is 7.62. The molecular weight excluding hydrogens is 330 g/mol. The van der Waals surface area contributed by atoms with Gasteiger partial charge in [-0.25, -0.2) is 0 Å². The van der Waals surface area contributed by atoms with Gasteiger partial charge in [-0.2, -0.15) is 0 Å². The lowest BCUT2D eigenvalue weighted by Gasteiger charge is -2.35. The van der Waals surface area contributed by atoms with Crippen LogP contribution in [0.15, 0.2) is 12.1 Å². The van der Waals surface area contributed by atoms with E-state index >= 15 is 0 Å². The van der Waals surface area contributed by atoms with Crippen LogP contribution in [0.2, 0.25) is 5.02 Å². The van der Waals surface area contributed by atoms with E-state index in [1.54, 1.807) is 9.80 Å². The topological polar surface area (TPSA) is 75.9 Å². The van der Waals surface area contributed by atoms with Gasteiger partial charge in [-0.05, 0) is 44.2 Å². The first-order valence-electron chi connectivity index (χ1n) is 7.92. The molecule has 7 heteroatoms. The third kappa shape index (κ3) is 4.69. The van der Waals surface area contributed by atoms with Gasteiger partial charge in [0.1, 0.15) is 0 Å². The Morgan fingerprint density at radius 3 is 2.75 bits per heavy atom. The van der Waals surface area contributed by atoms with Crippen LogP contribution in [0.1, 0.15) is 21.5 Å². The highest BCUT2D eigenvalue weighted by Crippen LogP contribution is 2.22. The van der Waals surface area contributed by atoms with Crippen molar-refractivity contribution in [3.05, 3.63) is 33.8 Å². The first-order chi connectivity index (χ1) is 11.3. The molecule has 1 heterocycles. The van der Waals surface area contributed by atoms with Crippen molar-refractivity contribution < 1.29 is 14.3 Å². The Balaban J connectivity index is 2.05. The summed E-state index contributed by atoms with van der Waals surface area (Å²) in [7, 11) is 1.81. The molecule has 1 aliphatic rings. The predicted molar refractivity (Wildman–Crippen MR) is 93.3 cm³/mol. The van der Waals surface area contributed by atoms with Crippen molar-refractivity contribution in [1.29, 1.82) is 0 Å². The van der Waals surface area contributed by atoms with Gasteiger partial charge in [0, 0.05) is 30.2 Å². The number of morpholine rings is 1. The van der Waals surface area contributed by atoms with E-state index in [4.69, 9.17) is 22.1 Å². The highest BCUT2D eigenvalue weighted by molar-refractivity contribution is 6.31. The minimum Gasteiger partial charge on any atom is -0.373 e. The van der Waals surface area contributed by atoms with Crippen LogP contribution in [0, 0.1) is 13.8 Å². The monoisotopic (exact) mass is 353 g/mol. The van der Waals surface area contributed by atoms with Crippen LogP contribution in [0.4, 0.5) is 0 Å². The molecule has 1 aliphatic heterocycles. The number of amides is 2. The summed E-state index contributed by atoms with van der Waals surface area (Å²) in [4.78, 5) is 27.4. The van der Waals surface area contributed by atoms with Crippen LogP contribution >= 0.6 is 11.6 Å². The maximum Gasteiger partial charge on any atom is 0.254 e. The largest absolute Gasteiger partial charge is 0.373 e. The van der Waals surface area contributed by atoms with Crippen molar-refractivity contribution in [3.8, 4) is 0 Å². The van der Waals surface area contributed by atoms with Gasteiger partial charge in [0.25, 0.3) is 5.91 Å². The third-order valence-electron chi connectivity index (χ3n) is 4.10. The second kappa shape index (κ2) is 7.96. The second-order valence-electron chi connectivity index (χ2n) is 6.32. The Labute approximate surface area is 147 Å². The highest BCUT2D eigenvalue weighted by Gasteiger charge is 2.27. The molecule has 1 atom stereocenters. The van der Waals surface area contributed by atoms with Crippen LogP contribution in [-0.4, -0.2) is 67.6 Å². The maximum atomic E-state index is 12.8. The Kier molecular flexibility index (Phi) is 6.21. The number of carbonyl (C=O) groups excluding carboxylic acids is 2. The first kappa shape index (κ1) is 18.7. The summed E-state index contributed by atoms with van der Waals surface area (Å²) in [5.74, 6) is -0.397. The molecule has 2 rings (SSSR count). The van der Waals surface area contributed by atoms with Crippen molar-refractivity contribution in [3.63, 3.8) is 0 Å². The Morgan fingerprint density at radius 1 is 1.38 bits per heavy atom. The number of benzene rings is 1. The number of nitrogens with two attached hydrogens (primary N) is 1. The Bertz CT molecular complexity index is 636. The summed E-state index contributed by atoms with van der Waals surface area (Å²) in [6, 6.07) is 3.66. The summed E-state index contributed by atoms with van der Waals surface area (Å²) in [6.45, 7) is 6.01. The number of nitrogens with zero attached hydrogens (tertiary/aromatic N) is 2. The number of aryl methyl sites for hydroxylation is 2. The minimum atomic E-state index is -0.381. The number of rotatable bonds is 5. The average Bonchev–Trinajstić information content (AvgIpc) is 2.49. The summed E-state index contributed by atoms with van der Waals surface area (Å²) in [5, 5.41) is 0.664. The molecule has 6 nitrogen and oxygen atoms in total. The van der Waals surface area contributed by atoms with Crippen LogP contribution < -0.4 is 5.73 Å². The second-order valence-corrected chi connectivity index (χ2v) is 6.73. The molecule has 0 bridgehead atoms. The number of hydrogen-bond donors (Lipinski definition) is 1. The normalized spacial score (nSPS) is 18.0. The number of ether oxygens (including phenoxy) is 1. The molecule has 0 spiro atoms. The molecule has 1 aromatic rings. The van der Waals surface area contributed by atoms with Gasteiger partial charge in [-0.1, -0.05) is 11.6 Å². The smallest absolute Gasteiger partial charge is 0.254 e. The van der Waals surface area contributed by atoms with Gasteiger partial charge in [-0.15, -0.1) is 0 Å². The van der Waals surface area contributed by atoms with Crippen LogP contribution in [0.3, 0.4) is 0 Å². The maximum absolute atomic E-state index is 12.8. The van der Waals surface area contributed by atoms with Crippen molar-refractivity contribution in [2.75, 3.05) is 39.8 Å². The number of likely N-dealkylation sites (N-methyl/N-ethyl adjacent to an activating group) is 1. The van der Waals surface area contributed by atoms with Gasteiger partial charge in [0.05, 0.1) is 19.3 Å². The predicted octanol–water partition coefficient (Wildman–Crippen LogP) is 1.21. The standard InChI is InChI=1S/C17H24ClN3O3/c1-11-7-15(18)12(2)6-14(11)17(23)21-4-5-24-13(9-21)8-20(3)10-16(19)22/h6-7,13H,4-5,8-10H2,1-3H3,(H2,19,22). The fourth-order valence-electron chi connectivity index (χ4n) is 2.87. The van der Waals surface area contributed by atoms with E-state index in [-0.39, 0.29) is 24.5 Å². The van der Waals surface area contributed by atoms with E-state index in [2.05, 4.69) is 0 Å². The molecule has 2 amide bonds. The lowest BCUT2D eigenvalue weighted by atomic mass is 10.0. The molecule has 0 saturated carbocycles. The quantitative estimate of drug-likeness (QED) is 0.863. The van der Waals surface area contributed by atoms with Crippen LogP contribution in [0.25, 0.3) is 0 Å². The van der Waals surface area contributed by atoms with Crippen LogP contribution in [0.5, 0.6) is 0 Å². The third-order valence-corrected chi connectivity index (χ3v) is 4.51. The fraction of sp³-hybridized carbons (Fsp3) is 0.529. The molecule has 1 saturated heterocycles. The Hall–Kier alpha value is -1.63. The molecular formula is C17H24ClN3O3. The minimum absolute atomic E-state index is 0.0156. The highest BCUT2D eigenvalue weighted by atomic mass is 35.5. The van der Waals surface area contributed by atoms with Crippen molar-refractivity contribution in [2.24, 2.45) is 5.73 Å². The molecule has 1 aromatic carbocycles. The number of primary amides is 1.